The van der Waals surface area contributed by atoms with Crippen LogP contribution >= 0.6 is 0 Å². The monoisotopic (exact) mass is 174 g/mol. The van der Waals surface area contributed by atoms with Gasteiger partial charge in [0.15, 0.2) is 0 Å². The zero-order chi connectivity index (χ0) is 9.26. The molecule has 1 radical (unpaired) electrons. The molecule has 0 saturated heterocycles. The van der Waals surface area contributed by atoms with Crippen LogP contribution in [0.2, 0.25) is 0 Å². The van der Waals surface area contributed by atoms with E-state index in [1.54, 1.807) is 0 Å². The van der Waals surface area contributed by atoms with Crippen molar-refractivity contribution in [2.45, 2.75) is 19.0 Å². The molecule has 67 valence electrons. The van der Waals surface area contributed by atoms with Crippen molar-refractivity contribution >= 4 is 6.29 Å². The fourth-order valence-corrected chi connectivity index (χ4v) is 1.79. The SMILES string of the molecule is CN1Cc2ccccc2CC1[C]=O. The van der Waals surface area contributed by atoms with Crippen molar-refractivity contribution in [2.75, 3.05) is 7.05 Å². The smallest absolute Gasteiger partial charge is 0.217 e. The van der Waals surface area contributed by atoms with Crippen LogP contribution in [-0.2, 0) is 17.8 Å². The highest BCUT2D eigenvalue weighted by atomic mass is 16.1. The molecule has 0 fully saturated rings. The summed E-state index contributed by atoms with van der Waals surface area (Å²) >= 11 is 0. The summed E-state index contributed by atoms with van der Waals surface area (Å²) in [6.45, 7) is 0.857. The zero-order valence-corrected chi connectivity index (χ0v) is 7.66. The first-order valence-electron chi connectivity index (χ1n) is 4.46. The molecule has 13 heavy (non-hydrogen) atoms. The van der Waals surface area contributed by atoms with E-state index in [1.807, 2.05) is 24.1 Å². The maximum absolute atomic E-state index is 10.6. The van der Waals surface area contributed by atoms with Gasteiger partial charge in [0.2, 0.25) is 6.29 Å². The van der Waals surface area contributed by atoms with Gasteiger partial charge in [0.1, 0.15) is 0 Å². The van der Waals surface area contributed by atoms with E-state index in [2.05, 4.69) is 18.4 Å². The van der Waals surface area contributed by atoms with Crippen molar-refractivity contribution < 1.29 is 4.79 Å². The van der Waals surface area contributed by atoms with Crippen LogP contribution in [0.5, 0.6) is 0 Å². The fraction of sp³-hybridized carbons (Fsp3) is 0.364. The van der Waals surface area contributed by atoms with Gasteiger partial charge >= 0.3 is 0 Å². The number of rotatable bonds is 1. The van der Waals surface area contributed by atoms with Gasteiger partial charge in [-0.2, -0.15) is 0 Å². The summed E-state index contributed by atoms with van der Waals surface area (Å²) in [5.41, 5.74) is 2.62. The Morgan fingerprint density at radius 2 is 2.08 bits per heavy atom. The first-order chi connectivity index (χ1) is 6.31. The first-order valence-corrected chi connectivity index (χ1v) is 4.46. The van der Waals surface area contributed by atoms with Gasteiger partial charge in [-0.15, -0.1) is 0 Å². The molecule has 0 saturated carbocycles. The van der Waals surface area contributed by atoms with Gasteiger partial charge in [-0.3, -0.25) is 9.69 Å². The molecule has 1 aliphatic heterocycles. The van der Waals surface area contributed by atoms with Gasteiger partial charge in [0.25, 0.3) is 0 Å². The highest BCUT2D eigenvalue weighted by molar-refractivity contribution is 5.60. The number of hydrogen-bond acceptors (Lipinski definition) is 2. The van der Waals surface area contributed by atoms with Gasteiger partial charge in [-0.05, 0) is 24.6 Å². The third-order valence-corrected chi connectivity index (χ3v) is 2.62. The zero-order valence-electron chi connectivity index (χ0n) is 7.66. The van der Waals surface area contributed by atoms with Crippen LogP contribution in [0.3, 0.4) is 0 Å². The van der Waals surface area contributed by atoms with Crippen LogP contribution in [0.4, 0.5) is 0 Å². The molecule has 1 unspecified atom stereocenters. The van der Waals surface area contributed by atoms with E-state index in [0.29, 0.717) is 0 Å². The fourth-order valence-electron chi connectivity index (χ4n) is 1.79. The number of fused-ring (bicyclic) bond motifs is 1. The number of carbonyl (C=O) groups excluding carboxylic acids is 1. The second kappa shape index (κ2) is 3.30. The lowest BCUT2D eigenvalue weighted by molar-refractivity contribution is 0.262. The molecule has 1 heterocycles. The van der Waals surface area contributed by atoms with Crippen LogP contribution in [0.15, 0.2) is 24.3 Å². The number of likely N-dealkylation sites (N-methyl/N-ethyl adjacent to an activating group) is 1. The topological polar surface area (TPSA) is 20.3 Å². The van der Waals surface area contributed by atoms with Gasteiger partial charge < -0.3 is 0 Å². The molecule has 1 aromatic carbocycles. The summed E-state index contributed by atoms with van der Waals surface area (Å²) in [5.74, 6) is 0. The van der Waals surface area contributed by atoms with Gasteiger partial charge in [0, 0.05) is 6.54 Å². The summed E-state index contributed by atoms with van der Waals surface area (Å²) in [7, 11) is 1.96. The summed E-state index contributed by atoms with van der Waals surface area (Å²) in [6.07, 6.45) is 2.87. The predicted molar refractivity (Wildman–Crippen MR) is 51.1 cm³/mol. The lowest BCUT2D eigenvalue weighted by Gasteiger charge is -2.29. The number of benzene rings is 1. The van der Waals surface area contributed by atoms with E-state index in [-0.39, 0.29) is 6.04 Å². The highest BCUT2D eigenvalue weighted by Crippen LogP contribution is 2.20. The highest BCUT2D eigenvalue weighted by Gasteiger charge is 2.22. The molecule has 0 amide bonds. The predicted octanol–water partition coefficient (Wildman–Crippen LogP) is 1.15. The average molecular weight is 174 g/mol. The number of hydrogen-bond donors (Lipinski definition) is 0. The third kappa shape index (κ3) is 1.49. The van der Waals surface area contributed by atoms with Crippen molar-refractivity contribution in [3.63, 3.8) is 0 Å². The second-order valence-corrected chi connectivity index (χ2v) is 3.52. The summed E-state index contributed by atoms with van der Waals surface area (Å²) in [5, 5.41) is 0. The Kier molecular flexibility index (Phi) is 2.15. The summed E-state index contributed by atoms with van der Waals surface area (Å²) in [6, 6.07) is 8.21. The normalized spacial score (nSPS) is 22.4. The Morgan fingerprint density at radius 3 is 2.77 bits per heavy atom. The van der Waals surface area contributed by atoms with E-state index in [4.69, 9.17) is 0 Å². The van der Waals surface area contributed by atoms with Crippen molar-refractivity contribution in [2.24, 2.45) is 0 Å². The average Bonchev–Trinajstić information content (AvgIpc) is 2.17. The Labute approximate surface area is 78.2 Å². The second-order valence-electron chi connectivity index (χ2n) is 3.52. The molecular weight excluding hydrogens is 162 g/mol. The number of nitrogens with zero attached hydrogens (tertiary/aromatic N) is 1. The van der Waals surface area contributed by atoms with E-state index in [9.17, 15) is 4.79 Å². The summed E-state index contributed by atoms with van der Waals surface area (Å²) in [4.78, 5) is 12.7. The molecule has 2 nitrogen and oxygen atoms in total. The van der Waals surface area contributed by atoms with Crippen molar-refractivity contribution in [3.8, 4) is 0 Å². The van der Waals surface area contributed by atoms with Crippen molar-refractivity contribution in [1.82, 2.24) is 4.90 Å². The minimum Gasteiger partial charge on any atom is -0.292 e. The maximum atomic E-state index is 10.6. The molecule has 0 aliphatic carbocycles. The Morgan fingerprint density at radius 1 is 1.38 bits per heavy atom. The van der Waals surface area contributed by atoms with E-state index in [1.165, 1.54) is 11.1 Å². The quantitative estimate of drug-likeness (QED) is 0.636. The molecule has 0 bridgehead atoms. The minimum atomic E-state index is -0.0603. The Hall–Kier alpha value is -1.15. The van der Waals surface area contributed by atoms with E-state index in [0.717, 1.165) is 13.0 Å². The molecule has 0 N–H and O–H groups in total. The van der Waals surface area contributed by atoms with Crippen LogP contribution in [0, 0.1) is 0 Å². The summed E-state index contributed by atoms with van der Waals surface area (Å²) < 4.78 is 0. The standard InChI is InChI=1S/C11H12NO/c1-12-7-10-5-3-2-4-9(10)6-11(12)8-13/h2-5,11H,6-7H2,1H3. The third-order valence-electron chi connectivity index (χ3n) is 2.62. The van der Waals surface area contributed by atoms with Crippen LogP contribution in [-0.4, -0.2) is 24.3 Å². The lowest BCUT2D eigenvalue weighted by Crippen LogP contribution is -2.38. The van der Waals surface area contributed by atoms with Gasteiger partial charge in [-0.25, -0.2) is 0 Å². The molecular formula is C11H12NO. The molecule has 2 rings (SSSR count). The van der Waals surface area contributed by atoms with Crippen LogP contribution in [0.1, 0.15) is 11.1 Å². The first kappa shape index (κ1) is 8.45. The Bertz CT molecular complexity index is 322. The van der Waals surface area contributed by atoms with Crippen LogP contribution < -0.4 is 0 Å². The lowest BCUT2D eigenvalue weighted by atomic mass is 9.95. The van der Waals surface area contributed by atoms with Gasteiger partial charge in [0.05, 0.1) is 6.04 Å². The minimum absolute atomic E-state index is 0.0603. The van der Waals surface area contributed by atoms with Crippen LogP contribution in [0.25, 0.3) is 0 Å². The molecule has 1 aliphatic rings. The molecule has 2 heteroatoms. The van der Waals surface area contributed by atoms with E-state index < -0.39 is 0 Å². The van der Waals surface area contributed by atoms with E-state index >= 15 is 0 Å². The van der Waals surface area contributed by atoms with Gasteiger partial charge in [-0.1, -0.05) is 24.3 Å². The Balaban J connectivity index is 2.32. The molecule has 0 spiro atoms. The van der Waals surface area contributed by atoms with Crippen molar-refractivity contribution in [3.05, 3.63) is 35.4 Å². The molecule has 0 aromatic heterocycles. The maximum Gasteiger partial charge on any atom is 0.217 e. The molecule has 1 aromatic rings. The van der Waals surface area contributed by atoms with Crippen molar-refractivity contribution in [1.29, 1.82) is 0 Å². The largest absolute Gasteiger partial charge is 0.292 e. The molecule has 1 atom stereocenters.